The average molecular weight is 265 g/mol. The lowest BCUT2D eigenvalue weighted by Gasteiger charge is -2.07. The van der Waals surface area contributed by atoms with Crippen molar-refractivity contribution in [1.82, 2.24) is 9.55 Å². The van der Waals surface area contributed by atoms with Crippen molar-refractivity contribution in [3.8, 4) is 11.4 Å². The number of hydrogen-bond donors (Lipinski definition) is 1. The van der Waals surface area contributed by atoms with E-state index in [9.17, 15) is 0 Å². The van der Waals surface area contributed by atoms with Gasteiger partial charge in [-0.3, -0.25) is 0 Å². The van der Waals surface area contributed by atoms with Crippen LogP contribution in [0.25, 0.3) is 22.4 Å². The van der Waals surface area contributed by atoms with Gasteiger partial charge in [0, 0.05) is 19.2 Å². The second-order valence-electron chi connectivity index (χ2n) is 4.99. The van der Waals surface area contributed by atoms with Crippen LogP contribution in [0.4, 0.5) is 0 Å². The molecule has 0 saturated carbocycles. The Hall–Kier alpha value is -2.13. The zero-order chi connectivity index (χ0) is 14.1. The predicted molar refractivity (Wildman–Crippen MR) is 83.4 cm³/mol. The van der Waals surface area contributed by atoms with E-state index in [1.165, 1.54) is 11.1 Å². The molecule has 1 aromatic heterocycles. The minimum atomic E-state index is 0.517. The summed E-state index contributed by atoms with van der Waals surface area (Å²) >= 11 is 0. The summed E-state index contributed by atoms with van der Waals surface area (Å²) in [5, 5.41) is 0. The summed E-state index contributed by atoms with van der Waals surface area (Å²) in [6.45, 7) is 2.69. The van der Waals surface area contributed by atoms with E-state index in [-0.39, 0.29) is 0 Å². The van der Waals surface area contributed by atoms with E-state index in [2.05, 4.69) is 48.9 Å². The minimum Gasteiger partial charge on any atom is -0.327 e. The molecule has 102 valence electrons. The Kier molecular flexibility index (Phi) is 3.28. The standard InChI is InChI=1S/C17H19N3/c1-3-12-7-4-5-9-14(12)17-19-16-13(11-18)8-6-10-15(16)20(17)2/h4-10H,3,11,18H2,1-2H3. The van der Waals surface area contributed by atoms with Gasteiger partial charge in [-0.05, 0) is 23.6 Å². The van der Waals surface area contributed by atoms with Crippen LogP contribution in [0.1, 0.15) is 18.1 Å². The summed E-state index contributed by atoms with van der Waals surface area (Å²) in [7, 11) is 2.07. The summed E-state index contributed by atoms with van der Waals surface area (Å²) in [5.74, 6) is 1.01. The van der Waals surface area contributed by atoms with E-state index in [0.717, 1.165) is 28.8 Å². The van der Waals surface area contributed by atoms with Gasteiger partial charge in [0.05, 0.1) is 11.0 Å². The van der Waals surface area contributed by atoms with Crippen molar-refractivity contribution < 1.29 is 0 Å². The number of nitrogens with zero attached hydrogens (tertiary/aromatic N) is 2. The van der Waals surface area contributed by atoms with Crippen LogP contribution in [0.3, 0.4) is 0 Å². The summed E-state index contributed by atoms with van der Waals surface area (Å²) < 4.78 is 2.16. The monoisotopic (exact) mass is 265 g/mol. The highest BCUT2D eigenvalue weighted by molar-refractivity contribution is 5.84. The van der Waals surface area contributed by atoms with Crippen LogP contribution in [0, 0.1) is 0 Å². The number of imidazole rings is 1. The van der Waals surface area contributed by atoms with E-state index in [4.69, 9.17) is 10.7 Å². The molecular formula is C17H19N3. The van der Waals surface area contributed by atoms with Crippen LogP contribution in [-0.4, -0.2) is 9.55 Å². The zero-order valence-electron chi connectivity index (χ0n) is 11.9. The predicted octanol–water partition coefficient (Wildman–Crippen LogP) is 3.26. The van der Waals surface area contributed by atoms with Gasteiger partial charge in [-0.15, -0.1) is 0 Å². The van der Waals surface area contributed by atoms with Gasteiger partial charge in [0.1, 0.15) is 5.82 Å². The highest BCUT2D eigenvalue weighted by Gasteiger charge is 2.13. The summed E-state index contributed by atoms with van der Waals surface area (Å²) in [4.78, 5) is 4.84. The first-order valence-electron chi connectivity index (χ1n) is 6.99. The first-order valence-corrected chi connectivity index (χ1v) is 6.99. The first kappa shape index (κ1) is 12.9. The molecule has 0 aliphatic heterocycles. The molecule has 0 aliphatic rings. The van der Waals surface area contributed by atoms with Crippen LogP contribution in [0.5, 0.6) is 0 Å². The molecule has 0 amide bonds. The Morgan fingerprint density at radius 2 is 1.80 bits per heavy atom. The van der Waals surface area contributed by atoms with Crippen molar-refractivity contribution in [3.05, 3.63) is 53.6 Å². The van der Waals surface area contributed by atoms with E-state index < -0.39 is 0 Å². The zero-order valence-corrected chi connectivity index (χ0v) is 11.9. The largest absolute Gasteiger partial charge is 0.327 e. The van der Waals surface area contributed by atoms with E-state index in [1.54, 1.807) is 0 Å². The van der Waals surface area contributed by atoms with E-state index in [1.807, 2.05) is 12.1 Å². The SMILES string of the molecule is CCc1ccccc1-c1nc2c(CN)cccc2n1C. The normalized spacial score (nSPS) is 11.2. The van der Waals surface area contributed by atoms with Crippen LogP contribution in [-0.2, 0) is 20.0 Å². The fourth-order valence-corrected chi connectivity index (χ4v) is 2.72. The number of para-hydroxylation sites is 1. The molecule has 1 heterocycles. The smallest absolute Gasteiger partial charge is 0.141 e. The van der Waals surface area contributed by atoms with Crippen LogP contribution in [0.15, 0.2) is 42.5 Å². The summed E-state index contributed by atoms with van der Waals surface area (Å²) in [5.41, 5.74) is 11.6. The Morgan fingerprint density at radius 1 is 1.05 bits per heavy atom. The molecule has 3 aromatic rings. The number of nitrogens with two attached hydrogens (primary N) is 1. The maximum atomic E-state index is 5.82. The Labute approximate surface area is 119 Å². The molecule has 0 spiro atoms. The van der Waals surface area contributed by atoms with Gasteiger partial charge in [-0.1, -0.05) is 43.3 Å². The van der Waals surface area contributed by atoms with Crippen molar-refractivity contribution in [2.45, 2.75) is 19.9 Å². The average Bonchev–Trinajstić information content (AvgIpc) is 2.84. The third-order valence-electron chi connectivity index (χ3n) is 3.85. The molecule has 3 rings (SSSR count). The van der Waals surface area contributed by atoms with Gasteiger partial charge in [0.2, 0.25) is 0 Å². The number of benzene rings is 2. The molecule has 0 radical (unpaired) electrons. The molecule has 2 N–H and O–H groups in total. The lowest BCUT2D eigenvalue weighted by Crippen LogP contribution is -1.97. The van der Waals surface area contributed by atoms with Gasteiger partial charge >= 0.3 is 0 Å². The van der Waals surface area contributed by atoms with Crippen molar-refractivity contribution in [1.29, 1.82) is 0 Å². The molecule has 0 atom stereocenters. The Morgan fingerprint density at radius 3 is 2.55 bits per heavy atom. The van der Waals surface area contributed by atoms with Gasteiger partial charge in [0.15, 0.2) is 0 Å². The van der Waals surface area contributed by atoms with Gasteiger partial charge in [-0.25, -0.2) is 4.98 Å². The molecule has 0 fully saturated rings. The van der Waals surface area contributed by atoms with Gasteiger partial charge < -0.3 is 10.3 Å². The maximum absolute atomic E-state index is 5.82. The molecule has 20 heavy (non-hydrogen) atoms. The molecule has 0 aliphatic carbocycles. The number of aromatic nitrogens is 2. The van der Waals surface area contributed by atoms with Crippen LogP contribution in [0.2, 0.25) is 0 Å². The number of fused-ring (bicyclic) bond motifs is 1. The molecular weight excluding hydrogens is 246 g/mol. The van der Waals surface area contributed by atoms with Crippen molar-refractivity contribution >= 4 is 11.0 Å². The second-order valence-corrected chi connectivity index (χ2v) is 4.99. The van der Waals surface area contributed by atoms with E-state index >= 15 is 0 Å². The van der Waals surface area contributed by atoms with E-state index in [0.29, 0.717) is 6.54 Å². The summed E-state index contributed by atoms with van der Waals surface area (Å²) in [6.07, 6.45) is 1.00. The second kappa shape index (κ2) is 5.10. The minimum absolute atomic E-state index is 0.517. The van der Waals surface area contributed by atoms with Crippen molar-refractivity contribution in [3.63, 3.8) is 0 Å². The van der Waals surface area contributed by atoms with Crippen LogP contribution >= 0.6 is 0 Å². The third kappa shape index (κ3) is 1.91. The molecule has 0 saturated heterocycles. The molecule has 3 heteroatoms. The topological polar surface area (TPSA) is 43.8 Å². The first-order chi connectivity index (χ1) is 9.76. The van der Waals surface area contributed by atoms with Crippen molar-refractivity contribution in [2.24, 2.45) is 12.8 Å². The Bertz CT molecular complexity index is 756. The molecule has 3 nitrogen and oxygen atoms in total. The molecule has 0 unspecified atom stereocenters. The van der Waals surface area contributed by atoms with Gasteiger partial charge in [0.25, 0.3) is 0 Å². The quantitative estimate of drug-likeness (QED) is 0.790. The van der Waals surface area contributed by atoms with Gasteiger partial charge in [-0.2, -0.15) is 0 Å². The Balaban J connectivity index is 2.29. The number of hydrogen-bond acceptors (Lipinski definition) is 2. The highest BCUT2D eigenvalue weighted by atomic mass is 15.1. The summed E-state index contributed by atoms with van der Waals surface area (Å²) in [6, 6.07) is 14.6. The number of rotatable bonds is 3. The molecule has 0 bridgehead atoms. The fourth-order valence-electron chi connectivity index (χ4n) is 2.72. The third-order valence-corrected chi connectivity index (χ3v) is 3.85. The van der Waals surface area contributed by atoms with Crippen molar-refractivity contribution in [2.75, 3.05) is 0 Å². The maximum Gasteiger partial charge on any atom is 0.141 e. The van der Waals surface area contributed by atoms with Crippen LogP contribution < -0.4 is 5.73 Å². The fraction of sp³-hybridized carbons (Fsp3) is 0.235. The lowest BCUT2D eigenvalue weighted by atomic mass is 10.0. The molecule has 2 aromatic carbocycles. The highest BCUT2D eigenvalue weighted by Crippen LogP contribution is 2.28. The number of aryl methyl sites for hydroxylation is 2. The lowest BCUT2D eigenvalue weighted by molar-refractivity contribution is 0.953.